The van der Waals surface area contributed by atoms with Crippen molar-refractivity contribution in [3.63, 3.8) is 0 Å². The van der Waals surface area contributed by atoms with Crippen molar-refractivity contribution in [3.8, 4) is 11.8 Å². The number of benzene rings is 1. The number of fused-ring (bicyclic) bond motifs is 1. The quantitative estimate of drug-likeness (QED) is 0.794. The Kier molecular flexibility index (Phi) is 3.06. The van der Waals surface area contributed by atoms with E-state index in [0.29, 0.717) is 6.42 Å². The monoisotopic (exact) mass is 280 g/mol. The lowest BCUT2D eigenvalue weighted by Crippen LogP contribution is -2.45. The van der Waals surface area contributed by atoms with Crippen LogP contribution in [-0.4, -0.2) is 19.2 Å². The van der Waals surface area contributed by atoms with E-state index in [-0.39, 0.29) is 12.1 Å². The van der Waals surface area contributed by atoms with Gasteiger partial charge in [-0.15, -0.1) is 0 Å². The molecule has 0 fully saturated rings. The minimum atomic E-state index is -0.0585. The predicted molar refractivity (Wildman–Crippen MR) is 66.7 cm³/mol. The summed E-state index contributed by atoms with van der Waals surface area (Å²) in [5.74, 6) is 0.843. The first-order chi connectivity index (χ1) is 7.63. The molecule has 0 radical (unpaired) electrons. The molecule has 1 aliphatic rings. The number of halogens is 1. The smallest absolute Gasteiger partial charge is 0.144 e. The number of ether oxygens (including phenoxy) is 1. The molecule has 0 spiro atoms. The average Bonchev–Trinajstić information content (AvgIpc) is 2.25. The summed E-state index contributed by atoms with van der Waals surface area (Å²) in [4.78, 5) is 2.16. The SMILES string of the molecule is CC1C(CC#N)Oc2cc(Br)ccc2N1C. The van der Waals surface area contributed by atoms with Crippen LogP contribution in [0.2, 0.25) is 0 Å². The molecule has 0 N–H and O–H groups in total. The van der Waals surface area contributed by atoms with Crippen molar-refractivity contribution in [1.29, 1.82) is 5.26 Å². The highest BCUT2D eigenvalue weighted by molar-refractivity contribution is 9.10. The molecule has 1 aromatic rings. The number of anilines is 1. The van der Waals surface area contributed by atoms with Gasteiger partial charge in [-0.25, -0.2) is 0 Å². The van der Waals surface area contributed by atoms with Crippen LogP contribution >= 0.6 is 15.9 Å². The Hall–Kier alpha value is -1.21. The first kappa shape index (κ1) is 11.3. The zero-order valence-electron chi connectivity index (χ0n) is 9.27. The number of likely N-dealkylation sites (N-methyl/N-ethyl adjacent to an activating group) is 1. The highest BCUT2D eigenvalue weighted by Gasteiger charge is 2.30. The largest absolute Gasteiger partial charge is 0.485 e. The minimum absolute atomic E-state index is 0.0585. The van der Waals surface area contributed by atoms with Crippen molar-refractivity contribution in [3.05, 3.63) is 22.7 Å². The highest BCUT2D eigenvalue weighted by Crippen LogP contribution is 2.37. The van der Waals surface area contributed by atoms with Gasteiger partial charge < -0.3 is 9.64 Å². The summed E-state index contributed by atoms with van der Waals surface area (Å²) in [6.07, 6.45) is 0.356. The van der Waals surface area contributed by atoms with Gasteiger partial charge in [0.25, 0.3) is 0 Å². The van der Waals surface area contributed by atoms with E-state index in [9.17, 15) is 0 Å². The van der Waals surface area contributed by atoms with Gasteiger partial charge in [0.15, 0.2) is 0 Å². The van der Waals surface area contributed by atoms with Crippen molar-refractivity contribution >= 4 is 21.6 Å². The molecule has 0 saturated heterocycles. The molecule has 1 aromatic carbocycles. The predicted octanol–water partition coefficient (Wildman–Crippen LogP) is 2.95. The standard InChI is InChI=1S/C12H13BrN2O/c1-8-11(5-6-14)16-12-7-9(13)3-4-10(12)15(8)2/h3-4,7-8,11H,5H2,1-2H3. The van der Waals surface area contributed by atoms with E-state index in [1.54, 1.807) is 0 Å². The number of nitrogens with zero attached hydrogens (tertiary/aromatic N) is 2. The fourth-order valence-corrected chi connectivity index (χ4v) is 2.25. The molecule has 2 unspecified atom stereocenters. The second kappa shape index (κ2) is 4.34. The van der Waals surface area contributed by atoms with E-state index in [1.807, 2.05) is 25.2 Å². The normalized spacial score (nSPS) is 23.2. The highest BCUT2D eigenvalue weighted by atomic mass is 79.9. The Labute approximate surface area is 104 Å². The molecule has 2 rings (SSSR count). The van der Waals surface area contributed by atoms with Gasteiger partial charge in [-0.3, -0.25) is 0 Å². The van der Waals surface area contributed by atoms with Crippen LogP contribution < -0.4 is 9.64 Å². The Bertz CT molecular complexity index is 441. The summed E-state index contributed by atoms with van der Waals surface area (Å²) in [5, 5.41) is 8.77. The third kappa shape index (κ3) is 1.88. The van der Waals surface area contributed by atoms with E-state index in [2.05, 4.69) is 33.8 Å². The van der Waals surface area contributed by atoms with Crippen LogP contribution in [0.4, 0.5) is 5.69 Å². The molecule has 3 nitrogen and oxygen atoms in total. The zero-order valence-corrected chi connectivity index (χ0v) is 10.9. The molecule has 0 bridgehead atoms. The summed E-state index contributed by atoms with van der Waals surface area (Å²) >= 11 is 3.42. The van der Waals surface area contributed by atoms with Crippen LogP contribution in [0.3, 0.4) is 0 Å². The second-order valence-electron chi connectivity index (χ2n) is 3.98. The molecule has 2 atom stereocenters. The first-order valence-corrected chi connectivity index (χ1v) is 5.98. The molecular weight excluding hydrogens is 268 g/mol. The lowest BCUT2D eigenvalue weighted by molar-refractivity contribution is 0.165. The van der Waals surface area contributed by atoms with Crippen molar-refractivity contribution in [2.45, 2.75) is 25.5 Å². The molecule has 84 valence electrons. The van der Waals surface area contributed by atoms with Gasteiger partial charge in [0, 0.05) is 11.5 Å². The Balaban J connectivity index is 2.37. The van der Waals surface area contributed by atoms with Gasteiger partial charge in [0.1, 0.15) is 11.9 Å². The third-order valence-electron chi connectivity index (χ3n) is 3.02. The lowest BCUT2D eigenvalue weighted by Gasteiger charge is -2.39. The molecule has 1 aliphatic heterocycles. The van der Waals surface area contributed by atoms with Crippen LogP contribution in [0.1, 0.15) is 13.3 Å². The fourth-order valence-electron chi connectivity index (χ4n) is 1.91. The van der Waals surface area contributed by atoms with E-state index >= 15 is 0 Å². The lowest BCUT2D eigenvalue weighted by atomic mass is 10.1. The molecule has 4 heteroatoms. The van der Waals surface area contributed by atoms with E-state index < -0.39 is 0 Å². The Morgan fingerprint density at radius 2 is 2.31 bits per heavy atom. The van der Waals surface area contributed by atoms with E-state index in [0.717, 1.165) is 15.9 Å². The van der Waals surface area contributed by atoms with Crippen LogP contribution in [0.25, 0.3) is 0 Å². The third-order valence-corrected chi connectivity index (χ3v) is 3.51. The Morgan fingerprint density at radius 3 is 3.00 bits per heavy atom. The van der Waals surface area contributed by atoms with Crippen LogP contribution in [0.15, 0.2) is 22.7 Å². The molecule has 16 heavy (non-hydrogen) atoms. The Morgan fingerprint density at radius 1 is 1.56 bits per heavy atom. The summed E-state index contributed by atoms with van der Waals surface area (Å²) in [5.41, 5.74) is 1.07. The van der Waals surface area contributed by atoms with Gasteiger partial charge in [-0.1, -0.05) is 15.9 Å². The van der Waals surface area contributed by atoms with Crippen molar-refractivity contribution in [2.75, 3.05) is 11.9 Å². The van der Waals surface area contributed by atoms with Gasteiger partial charge in [0.05, 0.1) is 24.2 Å². The van der Waals surface area contributed by atoms with Crippen LogP contribution in [0.5, 0.6) is 5.75 Å². The molecule has 1 heterocycles. The number of nitriles is 1. The maximum atomic E-state index is 8.77. The topological polar surface area (TPSA) is 36.3 Å². The molecule has 0 aromatic heterocycles. The summed E-state index contributed by atoms with van der Waals surface area (Å²) in [7, 11) is 2.03. The fraction of sp³-hybridized carbons (Fsp3) is 0.417. The minimum Gasteiger partial charge on any atom is -0.485 e. The molecule has 0 saturated carbocycles. The second-order valence-corrected chi connectivity index (χ2v) is 4.90. The van der Waals surface area contributed by atoms with Crippen molar-refractivity contribution in [1.82, 2.24) is 0 Å². The molecule has 0 amide bonds. The summed E-state index contributed by atoms with van der Waals surface area (Å²) in [6.45, 7) is 2.08. The van der Waals surface area contributed by atoms with Crippen LogP contribution in [0, 0.1) is 11.3 Å². The van der Waals surface area contributed by atoms with Crippen LogP contribution in [-0.2, 0) is 0 Å². The molecule has 0 aliphatic carbocycles. The van der Waals surface area contributed by atoms with Gasteiger partial charge in [-0.2, -0.15) is 5.26 Å². The summed E-state index contributed by atoms with van der Waals surface area (Å²) < 4.78 is 6.83. The first-order valence-electron chi connectivity index (χ1n) is 5.19. The van der Waals surface area contributed by atoms with Gasteiger partial charge in [0.2, 0.25) is 0 Å². The maximum absolute atomic E-state index is 8.77. The van der Waals surface area contributed by atoms with Gasteiger partial charge >= 0.3 is 0 Å². The summed E-state index contributed by atoms with van der Waals surface area (Å²) in [6, 6.07) is 8.36. The number of hydrogen-bond acceptors (Lipinski definition) is 3. The maximum Gasteiger partial charge on any atom is 0.144 e. The molecular formula is C12H13BrN2O. The van der Waals surface area contributed by atoms with Crippen molar-refractivity contribution in [2.24, 2.45) is 0 Å². The average molecular weight is 281 g/mol. The number of rotatable bonds is 1. The van der Waals surface area contributed by atoms with Gasteiger partial charge in [-0.05, 0) is 25.1 Å². The zero-order chi connectivity index (χ0) is 11.7. The van der Waals surface area contributed by atoms with E-state index in [1.165, 1.54) is 0 Å². The van der Waals surface area contributed by atoms with Crippen molar-refractivity contribution < 1.29 is 4.74 Å². The number of hydrogen-bond donors (Lipinski definition) is 0. The van der Waals surface area contributed by atoms with E-state index in [4.69, 9.17) is 10.00 Å².